The van der Waals surface area contributed by atoms with Gasteiger partial charge in [0.2, 0.25) is 0 Å². The lowest BCUT2D eigenvalue weighted by molar-refractivity contribution is -0.870. The number of carbonyl (C=O) groups excluding carboxylic acids is 2. The van der Waals surface area contributed by atoms with Gasteiger partial charge in [0.15, 0.2) is 6.10 Å². The highest BCUT2D eigenvalue weighted by Gasteiger charge is 2.27. The molecule has 0 bridgehead atoms. The van der Waals surface area contributed by atoms with Crippen LogP contribution in [-0.4, -0.2) is 74.9 Å². The van der Waals surface area contributed by atoms with Crippen LogP contribution >= 0.6 is 7.82 Å². The van der Waals surface area contributed by atoms with E-state index in [1.807, 2.05) is 21.1 Å². The number of hydrogen-bond donors (Lipinski definition) is 1. The van der Waals surface area contributed by atoms with Gasteiger partial charge in [0.05, 0.1) is 27.7 Å². The molecule has 0 aliphatic carbocycles. The van der Waals surface area contributed by atoms with Gasteiger partial charge < -0.3 is 18.9 Å². The molecule has 0 saturated heterocycles. The van der Waals surface area contributed by atoms with Crippen molar-refractivity contribution in [1.29, 1.82) is 0 Å². The number of esters is 2. The summed E-state index contributed by atoms with van der Waals surface area (Å²) in [6.07, 6.45) is 75.8. The Kier molecular flexibility index (Phi) is 52.0. The zero-order valence-corrected chi connectivity index (χ0v) is 48.9. The Balaban J connectivity index is 4.22. The maximum absolute atomic E-state index is 12.8. The quantitative estimate of drug-likeness (QED) is 0.0211. The minimum absolute atomic E-state index is 0.0230. The fourth-order valence-electron chi connectivity index (χ4n) is 7.73. The van der Waals surface area contributed by atoms with Crippen molar-refractivity contribution >= 4 is 19.8 Å². The van der Waals surface area contributed by atoms with Crippen molar-refractivity contribution in [3.63, 3.8) is 0 Å². The first-order valence-electron chi connectivity index (χ1n) is 29.6. The number of carbonyl (C=O) groups is 2. The van der Waals surface area contributed by atoms with Crippen molar-refractivity contribution in [2.45, 2.75) is 238 Å². The van der Waals surface area contributed by atoms with Crippen LogP contribution in [0.5, 0.6) is 0 Å². The van der Waals surface area contributed by atoms with E-state index in [0.29, 0.717) is 17.4 Å². The molecule has 9 nitrogen and oxygen atoms in total. The number of ether oxygens (including phenoxy) is 2. The zero-order valence-electron chi connectivity index (χ0n) is 48.0. The van der Waals surface area contributed by atoms with Gasteiger partial charge >= 0.3 is 19.8 Å². The van der Waals surface area contributed by atoms with Gasteiger partial charge in [-0.15, -0.1) is 0 Å². The average molecular weight is 1050 g/mol. The van der Waals surface area contributed by atoms with Gasteiger partial charge in [-0.3, -0.25) is 18.6 Å². The van der Waals surface area contributed by atoms with Gasteiger partial charge in [0.1, 0.15) is 19.8 Å². The first kappa shape index (κ1) is 70.7. The minimum atomic E-state index is -4.40. The lowest BCUT2D eigenvalue weighted by Gasteiger charge is -2.24. The van der Waals surface area contributed by atoms with E-state index in [-0.39, 0.29) is 32.0 Å². The molecular weight excluding hydrogens is 942 g/mol. The third kappa shape index (κ3) is 57.9. The summed E-state index contributed by atoms with van der Waals surface area (Å²) in [5.74, 6) is -0.821. The molecule has 0 aliphatic heterocycles. The summed E-state index contributed by atoms with van der Waals surface area (Å²) in [7, 11) is 1.45. The summed E-state index contributed by atoms with van der Waals surface area (Å²) in [6.45, 7) is 4.28. The summed E-state index contributed by atoms with van der Waals surface area (Å²) >= 11 is 0. The van der Waals surface area contributed by atoms with Crippen molar-refractivity contribution < 1.29 is 42.1 Å². The fraction of sp³-hybridized carbons (Fsp3) is 0.688. The molecule has 0 aromatic heterocycles. The van der Waals surface area contributed by atoms with Gasteiger partial charge in [0.25, 0.3) is 0 Å². The van der Waals surface area contributed by atoms with Gasteiger partial charge in [0, 0.05) is 12.8 Å². The Morgan fingerprint density at radius 3 is 1.15 bits per heavy atom. The molecular formula is C64H111NO8P+. The normalized spacial score (nSPS) is 14.1. The van der Waals surface area contributed by atoms with Crippen molar-refractivity contribution in [3.05, 3.63) is 109 Å². The predicted octanol–water partition coefficient (Wildman–Crippen LogP) is 18.6. The fourth-order valence-corrected chi connectivity index (χ4v) is 8.47. The minimum Gasteiger partial charge on any atom is -0.462 e. The number of likely N-dealkylation sites (N-methyl/N-ethyl adjacent to an activating group) is 1. The summed E-state index contributed by atoms with van der Waals surface area (Å²) in [5.41, 5.74) is 0. The monoisotopic (exact) mass is 1050 g/mol. The van der Waals surface area contributed by atoms with Crippen LogP contribution in [0.1, 0.15) is 232 Å². The van der Waals surface area contributed by atoms with Gasteiger partial charge in [-0.25, -0.2) is 4.57 Å². The van der Waals surface area contributed by atoms with E-state index in [1.165, 1.54) is 89.9 Å². The van der Waals surface area contributed by atoms with Gasteiger partial charge in [-0.2, -0.15) is 0 Å². The Labute approximate surface area is 455 Å². The number of phosphoric ester groups is 1. The molecule has 0 heterocycles. The Bertz CT molecular complexity index is 1620. The molecule has 1 N–H and O–H groups in total. The van der Waals surface area contributed by atoms with Crippen LogP contribution in [0, 0.1) is 0 Å². The molecule has 0 fully saturated rings. The zero-order chi connectivity index (χ0) is 54.2. The number of quaternary nitrogens is 1. The first-order chi connectivity index (χ1) is 36.0. The number of unbranched alkanes of at least 4 members (excludes halogenated alkanes) is 21. The van der Waals surface area contributed by atoms with Crippen LogP contribution in [0.4, 0.5) is 0 Å². The van der Waals surface area contributed by atoms with E-state index in [9.17, 15) is 19.0 Å². The molecule has 0 aromatic rings. The van der Waals surface area contributed by atoms with Crippen molar-refractivity contribution in [2.24, 2.45) is 0 Å². The molecule has 0 radical (unpaired) electrons. The summed E-state index contributed by atoms with van der Waals surface area (Å²) < 4.78 is 34.6. The maximum atomic E-state index is 12.8. The molecule has 0 amide bonds. The molecule has 0 spiro atoms. The molecule has 0 aliphatic rings. The van der Waals surface area contributed by atoms with Crippen molar-refractivity contribution in [3.8, 4) is 0 Å². The first-order valence-corrected chi connectivity index (χ1v) is 31.1. The van der Waals surface area contributed by atoms with Crippen LogP contribution in [0.15, 0.2) is 109 Å². The molecule has 2 unspecified atom stereocenters. The van der Waals surface area contributed by atoms with E-state index < -0.39 is 26.5 Å². The Hall–Kier alpha value is -3.33. The topological polar surface area (TPSA) is 108 Å². The number of hydrogen-bond acceptors (Lipinski definition) is 7. The number of allylic oxidation sites excluding steroid dienone is 18. The Morgan fingerprint density at radius 2 is 0.770 bits per heavy atom. The van der Waals surface area contributed by atoms with Crippen LogP contribution in [0.25, 0.3) is 0 Å². The van der Waals surface area contributed by atoms with Crippen LogP contribution in [0.2, 0.25) is 0 Å². The third-order valence-corrected chi connectivity index (χ3v) is 13.3. The van der Waals surface area contributed by atoms with Crippen LogP contribution in [-0.2, 0) is 32.7 Å². The standard InChI is InChI=1S/C64H110NO8P/c1-6-8-10-12-14-16-18-20-22-24-26-28-29-30-31-32-33-34-35-37-39-41-43-45-47-49-51-53-55-57-64(67)73-62(61-72-74(68,69)71-59-58-65(3,4)5)60-70-63(66)56-54-52-50-48-46-44-42-40-38-36-27-25-23-21-19-17-15-13-11-9-7-2/h8,10,14,16,19-22,25-28,30-31,33-34,38,40,62H,6-7,9,11-13,15,17-18,23-24,29,32,35-37,39,41-61H2,1-5H3/p+1/b10-8-,16-14-,21-19-,22-20-,27-25-,28-26-,31-30-,34-33-,40-38-. The summed E-state index contributed by atoms with van der Waals surface area (Å²) in [4.78, 5) is 35.7. The maximum Gasteiger partial charge on any atom is 0.472 e. The highest BCUT2D eigenvalue weighted by molar-refractivity contribution is 7.47. The molecule has 74 heavy (non-hydrogen) atoms. The highest BCUT2D eigenvalue weighted by Crippen LogP contribution is 2.43. The predicted molar refractivity (Wildman–Crippen MR) is 316 cm³/mol. The number of rotatable bonds is 53. The molecule has 0 aromatic carbocycles. The number of phosphoric acid groups is 1. The van der Waals surface area contributed by atoms with Crippen molar-refractivity contribution in [1.82, 2.24) is 0 Å². The molecule has 0 rings (SSSR count). The second kappa shape index (κ2) is 54.5. The summed E-state index contributed by atoms with van der Waals surface area (Å²) in [5, 5.41) is 0. The van der Waals surface area contributed by atoms with E-state index >= 15 is 0 Å². The summed E-state index contributed by atoms with van der Waals surface area (Å²) in [6, 6.07) is 0. The van der Waals surface area contributed by atoms with Crippen LogP contribution < -0.4 is 0 Å². The molecule has 10 heteroatoms. The van der Waals surface area contributed by atoms with E-state index in [4.69, 9.17) is 18.5 Å². The second-order valence-corrected chi connectivity index (χ2v) is 22.1. The number of nitrogens with zero attached hydrogens (tertiary/aromatic N) is 1. The molecule has 0 saturated carbocycles. The smallest absolute Gasteiger partial charge is 0.462 e. The third-order valence-electron chi connectivity index (χ3n) is 12.3. The largest absolute Gasteiger partial charge is 0.472 e. The SMILES string of the molecule is CC/C=C\C/C=C\C/C=C\C/C=C\C/C=C\C/C=C\CCCCCCCCCCCCC(=O)OC(COC(=O)CCCCCCCC/C=C\C/C=C\C/C=C\CCCCCCC)COP(=O)(O)OCC[N+](C)(C)C. The highest BCUT2D eigenvalue weighted by atomic mass is 31.2. The van der Waals surface area contributed by atoms with Crippen molar-refractivity contribution in [2.75, 3.05) is 47.5 Å². The lowest BCUT2D eigenvalue weighted by atomic mass is 10.0. The second-order valence-electron chi connectivity index (χ2n) is 20.6. The molecule has 2 atom stereocenters. The lowest BCUT2D eigenvalue weighted by Crippen LogP contribution is -2.37. The van der Waals surface area contributed by atoms with Gasteiger partial charge in [-0.05, 0) is 103 Å². The molecule has 424 valence electrons. The van der Waals surface area contributed by atoms with E-state index in [2.05, 4.69) is 123 Å². The van der Waals surface area contributed by atoms with E-state index in [0.717, 1.165) is 109 Å². The van der Waals surface area contributed by atoms with Gasteiger partial charge in [-0.1, -0.05) is 226 Å². The van der Waals surface area contributed by atoms with E-state index in [1.54, 1.807) is 0 Å². The van der Waals surface area contributed by atoms with Crippen LogP contribution in [0.3, 0.4) is 0 Å². The Morgan fingerprint density at radius 1 is 0.432 bits per heavy atom. The average Bonchev–Trinajstić information content (AvgIpc) is 3.36.